The van der Waals surface area contributed by atoms with Gasteiger partial charge in [0.1, 0.15) is 11.7 Å². The summed E-state index contributed by atoms with van der Waals surface area (Å²) in [5, 5.41) is 11.9. The van der Waals surface area contributed by atoms with Crippen molar-refractivity contribution >= 4 is 12.0 Å². The summed E-state index contributed by atoms with van der Waals surface area (Å²) >= 11 is 0. The van der Waals surface area contributed by atoms with Gasteiger partial charge in [-0.1, -0.05) is 6.92 Å². The molecule has 2 atom stereocenters. The van der Waals surface area contributed by atoms with E-state index in [-0.39, 0.29) is 6.42 Å². The molecule has 0 aromatic carbocycles. The Morgan fingerprint density at radius 2 is 1.76 bits per heavy atom. The Morgan fingerprint density at radius 3 is 2.10 bits per heavy atom. The highest BCUT2D eigenvalue weighted by Gasteiger charge is 2.51. The van der Waals surface area contributed by atoms with Crippen LogP contribution in [0.25, 0.3) is 0 Å². The van der Waals surface area contributed by atoms with E-state index in [1.807, 2.05) is 0 Å². The summed E-state index contributed by atoms with van der Waals surface area (Å²) < 4.78 is 32.6. The predicted molar refractivity (Wildman–Crippen MR) is 73.1 cm³/mol. The number of carbonyl (C=O) groups excluding carboxylic acids is 2. The third-order valence-electron chi connectivity index (χ3n) is 2.59. The average molecular weight is 310 g/mol. The first kappa shape index (κ1) is 19.6. The molecule has 0 fully saturated rings. The lowest BCUT2D eigenvalue weighted by Gasteiger charge is -2.31. The maximum absolute atomic E-state index is 13.9. The number of alkyl carbamates (subject to hydrolysis) is 1. The zero-order valence-electron chi connectivity index (χ0n) is 13.2. The van der Waals surface area contributed by atoms with Crippen LogP contribution in [0.5, 0.6) is 0 Å². The number of amides is 2. The van der Waals surface area contributed by atoms with E-state index in [0.717, 1.165) is 14.1 Å². The summed E-state index contributed by atoms with van der Waals surface area (Å²) in [5.41, 5.74) is -0.796. The molecular formula is C13H24F2N2O4. The van der Waals surface area contributed by atoms with Crippen LogP contribution >= 0.6 is 0 Å². The minimum Gasteiger partial charge on any atom is -0.444 e. The lowest BCUT2D eigenvalue weighted by Crippen LogP contribution is -2.57. The summed E-state index contributed by atoms with van der Waals surface area (Å²) in [6.07, 6.45) is -3.26. The van der Waals surface area contributed by atoms with Gasteiger partial charge in [-0.3, -0.25) is 4.79 Å². The van der Waals surface area contributed by atoms with Gasteiger partial charge in [0.15, 0.2) is 0 Å². The highest BCUT2D eigenvalue weighted by molar-refractivity contribution is 5.84. The first-order valence-electron chi connectivity index (χ1n) is 6.60. The summed E-state index contributed by atoms with van der Waals surface area (Å²) in [4.78, 5) is 23.7. The fourth-order valence-electron chi connectivity index (χ4n) is 1.54. The van der Waals surface area contributed by atoms with Crippen molar-refractivity contribution in [1.29, 1.82) is 0 Å². The fourth-order valence-corrected chi connectivity index (χ4v) is 1.54. The molecule has 0 aromatic heterocycles. The maximum Gasteiger partial charge on any atom is 0.407 e. The van der Waals surface area contributed by atoms with Crippen molar-refractivity contribution < 1.29 is 28.2 Å². The Kier molecular flexibility index (Phi) is 6.54. The highest BCUT2D eigenvalue weighted by Crippen LogP contribution is 2.24. The predicted octanol–water partition coefficient (Wildman–Crippen LogP) is 1.37. The third-order valence-corrected chi connectivity index (χ3v) is 2.59. The first-order chi connectivity index (χ1) is 9.32. The number of hydrogen-bond donors (Lipinski definition) is 2. The van der Waals surface area contributed by atoms with Gasteiger partial charge in [0.25, 0.3) is 5.91 Å². The van der Waals surface area contributed by atoms with Crippen LogP contribution in [0.2, 0.25) is 0 Å². The van der Waals surface area contributed by atoms with E-state index in [1.54, 1.807) is 20.8 Å². The number of nitrogens with zero attached hydrogens (tertiary/aromatic N) is 1. The quantitative estimate of drug-likeness (QED) is 0.804. The number of nitrogens with one attached hydrogen (secondary N) is 1. The Labute approximate surface area is 123 Å². The third kappa shape index (κ3) is 5.82. The topological polar surface area (TPSA) is 78.9 Å². The molecule has 0 spiro atoms. The van der Waals surface area contributed by atoms with Gasteiger partial charge in [0.05, 0.1) is 6.04 Å². The Bertz CT molecular complexity index is 381. The first-order valence-corrected chi connectivity index (χ1v) is 6.60. The van der Waals surface area contributed by atoms with Crippen molar-refractivity contribution in [2.45, 2.75) is 57.8 Å². The van der Waals surface area contributed by atoms with Crippen molar-refractivity contribution in [1.82, 2.24) is 10.2 Å². The summed E-state index contributed by atoms with van der Waals surface area (Å²) in [6, 6.07) is -1.31. The minimum atomic E-state index is -4.00. The summed E-state index contributed by atoms with van der Waals surface area (Å²) in [6.45, 7) is 6.36. The van der Waals surface area contributed by atoms with Gasteiger partial charge in [-0.2, -0.15) is 8.78 Å². The van der Waals surface area contributed by atoms with Crippen LogP contribution in [0.15, 0.2) is 0 Å². The van der Waals surface area contributed by atoms with Crippen LogP contribution in [0.3, 0.4) is 0 Å². The maximum atomic E-state index is 13.9. The molecule has 2 N–H and O–H groups in total. The molecule has 0 radical (unpaired) electrons. The molecule has 1 unspecified atom stereocenters. The van der Waals surface area contributed by atoms with Gasteiger partial charge < -0.3 is 20.1 Å². The number of hydrogen-bond acceptors (Lipinski definition) is 4. The molecule has 0 rings (SSSR count). The molecule has 2 amide bonds. The summed E-state index contributed by atoms with van der Waals surface area (Å²) in [7, 11) is 2.32. The van der Waals surface area contributed by atoms with E-state index in [1.165, 1.54) is 6.92 Å². The van der Waals surface area contributed by atoms with E-state index in [0.29, 0.717) is 4.90 Å². The van der Waals surface area contributed by atoms with E-state index >= 15 is 0 Å². The number of alkyl halides is 2. The van der Waals surface area contributed by atoms with Crippen molar-refractivity contribution in [3.8, 4) is 0 Å². The standard InChI is InChI=1S/C13H24F2N2O4/c1-7-8(16-11(20)21-12(2,3)4)9(18)13(14,15)10(19)17(5)6/h8-9,18H,7H2,1-6H3,(H,16,20)/t8-,9?/m0/s1. The molecular weight excluding hydrogens is 286 g/mol. The van der Waals surface area contributed by atoms with Crippen molar-refractivity contribution in [2.75, 3.05) is 14.1 Å². The number of rotatable bonds is 5. The molecule has 0 heterocycles. The van der Waals surface area contributed by atoms with Gasteiger partial charge in [-0.15, -0.1) is 0 Å². The molecule has 6 nitrogen and oxygen atoms in total. The molecule has 0 saturated carbocycles. The molecule has 0 aliphatic heterocycles. The smallest absolute Gasteiger partial charge is 0.407 e. The van der Waals surface area contributed by atoms with Crippen LogP contribution < -0.4 is 5.32 Å². The van der Waals surface area contributed by atoms with Gasteiger partial charge in [0.2, 0.25) is 0 Å². The molecule has 0 aliphatic rings. The van der Waals surface area contributed by atoms with E-state index in [2.05, 4.69) is 5.32 Å². The van der Waals surface area contributed by atoms with E-state index < -0.39 is 35.7 Å². The van der Waals surface area contributed by atoms with Gasteiger partial charge in [0, 0.05) is 14.1 Å². The lowest BCUT2D eigenvalue weighted by atomic mass is 10.0. The van der Waals surface area contributed by atoms with E-state index in [4.69, 9.17) is 4.74 Å². The molecule has 0 aliphatic carbocycles. The monoisotopic (exact) mass is 310 g/mol. The molecule has 8 heteroatoms. The lowest BCUT2D eigenvalue weighted by molar-refractivity contribution is -0.175. The molecule has 124 valence electrons. The molecule has 0 saturated heterocycles. The zero-order chi connectivity index (χ0) is 17.0. The Hall–Kier alpha value is -1.44. The van der Waals surface area contributed by atoms with Crippen LogP contribution in [0, 0.1) is 0 Å². The Morgan fingerprint density at radius 1 is 1.29 bits per heavy atom. The van der Waals surface area contributed by atoms with Crippen LogP contribution in [0.4, 0.5) is 13.6 Å². The number of aliphatic hydroxyl groups is 1. The zero-order valence-corrected chi connectivity index (χ0v) is 13.2. The van der Waals surface area contributed by atoms with E-state index in [9.17, 15) is 23.5 Å². The van der Waals surface area contributed by atoms with Crippen molar-refractivity contribution in [2.24, 2.45) is 0 Å². The van der Waals surface area contributed by atoms with Crippen LogP contribution in [0.1, 0.15) is 34.1 Å². The number of halogens is 2. The molecule has 0 bridgehead atoms. The molecule has 0 aromatic rings. The normalized spacial score (nSPS) is 15.1. The fraction of sp³-hybridized carbons (Fsp3) is 0.846. The molecule has 21 heavy (non-hydrogen) atoms. The second-order valence-electron chi connectivity index (χ2n) is 5.93. The van der Waals surface area contributed by atoms with Crippen LogP contribution in [-0.2, 0) is 9.53 Å². The number of carbonyl (C=O) groups is 2. The Balaban J connectivity index is 4.95. The second-order valence-corrected chi connectivity index (χ2v) is 5.93. The average Bonchev–Trinajstić information content (AvgIpc) is 2.31. The summed E-state index contributed by atoms with van der Waals surface area (Å²) in [5.74, 6) is -5.53. The van der Waals surface area contributed by atoms with Crippen molar-refractivity contribution in [3.63, 3.8) is 0 Å². The second kappa shape index (κ2) is 7.02. The number of aliphatic hydroxyl groups excluding tert-OH is 1. The van der Waals surface area contributed by atoms with Crippen LogP contribution in [-0.4, -0.2) is 59.8 Å². The van der Waals surface area contributed by atoms with Gasteiger partial charge >= 0.3 is 12.0 Å². The van der Waals surface area contributed by atoms with Crippen molar-refractivity contribution in [3.05, 3.63) is 0 Å². The SMILES string of the molecule is CC[C@H](NC(=O)OC(C)(C)C)C(O)C(F)(F)C(=O)N(C)C. The highest BCUT2D eigenvalue weighted by atomic mass is 19.3. The van der Waals surface area contributed by atoms with Gasteiger partial charge in [-0.05, 0) is 27.2 Å². The largest absolute Gasteiger partial charge is 0.444 e. The minimum absolute atomic E-state index is 0.0106. The number of ether oxygens (including phenoxy) is 1. The van der Waals surface area contributed by atoms with Gasteiger partial charge in [-0.25, -0.2) is 4.79 Å².